The number of furan rings is 1. The molecule has 1 saturated heterocycles. The second kappa shape index (κ2) is 8.71. The fourth-order valence-corrected chi connectivity index (χ4v) is 3.50. The van der Waals surface area contributed by atoms with Crippen LogP contribution in [0.5, 0.6) is 11.5 Å². The van der Waals surface area contributed by atoms with Gasteiger partial charge >= 0.3 is 5.97 Å². The number of carbonyl (C=O) groups excluding carboxylic acids is 2. The Morgan fingerprint density at radius 2 is 1.93 bits per heavy atom. The molecule has 1 amide bonds. The molecule has 0 bridgehead atoms. The molecule has 0 atom stereocenters. The molecule has 1 N–H and O–H groups in total. The van der Waals surface area contributed by atoms with Gasteiger partial charge in [0.1, 0.15) is 0 Å². The van der Waals surface area contributed by atoms with Crippen LogP contribution < -0.4 is 14.8 Å². The number of carbonyl (C=O) groups is 2. The van der Waals surface area contributed by atoms with Crippen molar-refractivity contribution in [2.75, 3.05) is 7.11 Å². The first-order chi connectivity index (χ1) is 14.6. The normalized spacial score (nSPS) is 16.0. The van der Waals surface area contributed by atoms with Crippen LogP contribution in [-0.2, 0) is 4.79 Å². The van der Waals surface area contributed by atoms with Crippen LogP contribution in [0.1, 0.15) is 16.1 Å². The number of thioether (sulfide) groups is 1. The van der Waals surface area contributed by atoms with E-state index < -0.39 is 5.97 Å². The van der Waals surface area contributed by atoms with Crippen LogP contribution in [0.4, 0.5) is 5.69 Å². The van der Waals surface area contributed by atoms with E-state index in [9.17, 15) is 9.59 Å². The summed E-state index contributed by atoms with van der Waals surface area (Å²) in [7, 11) is 1.47. The Kier molecular flexibility index (Phi) is 5.67. The summed E-state index contributed by atoms with van der Waals surface area (Å²) in [4.78, 5) is 29.3. The van der Waals surface area contributed by atoms with E-state index in [2.05, 4.69) is 10.3 Å². The van der Waals surface area contributed by atoms with Crippen LogP contribution in [0.15, 0.2) is 81.2 Å². The molecule has 0 saturated carbocycles. The van der Waals surface area contributed by atoms with Crippen LogP contribution in [-0.4, -0.2) is 24.2 Å². The Balaban J connectivity index is 1.53. The third-order valence-electron chi connectivity index (χ3n) is 4.05. The summed E-state index contributed by atoms with van der Waals surface area (Å²) in [6.45, 7) is 0. The summed E-state index contributed by atoms with van der Waals surface area (Å²) in [5.41, 5.74) is 1.47. The lowest BCUT2D eigenvalue weighted by Gasteiger charge is -2.09. The number of esters is 1. The van der Waals surface area contributed by atoms with Gasteiger partial charge in [0.05, 0.1) is 24.0 Å². The first kappa shape index (κ1) is 19.5. The predicted molar refractivity (Wildman–Crippen MR) is 114 cm³/mol. The SMILES string of the molecule is COc1cc(/C=C2\SC(=Nc3ccccc3)NC2=O)ccc1OC(=O)c1ccco1. The molecule has 30 heavy (non-hydrogen) atoms. The molecule has 0 radical (unpaired) electrons. The Morgan fingerprint density at radius 3 is 2.67 bits per heavy atom. The van der Waals surface area contributed by atoms with Crippen molar-refractivity contribution in [1.82, 2.24) is 5.32 Å². The monoisotopic (exact) mass is 420 g/mol. The fourth-order valence-electron chi connectivity index (χ4n) is 2.65. The van der Waals surface area contributed by atoms with E-state index in [0.29, 0.717) is 21.4 Å². The van der Waals surface area contributed by atoms with Crippen molar-refractivity contribution in [2.24, 2.45) is 4.99 Å². The van der Waals surface area contributed by atoms with Crippen molar-refractivity contribution in [3.05, 3.63) is 83.2 Å². The molecule has 1 aromatic heterocycles. The van der Waals surface area contributed by atoms with E-state index in [1.807, 2.05) is 30.3 Å². The van der Waals surface area contributed by atoms with E-state index >= 15 is 0 Å². The molecule has 0 spiro atoms. The van der Waals surface area contributed by atoms with Crippen LogP contribution in [0, 0.1) is 0 Å². The van der Waals surface area contributed by atoms with Gasteiger partial charge in [-0.25, -0.2) is 9.79 Å². The number of nitrogens with zero attached hydrogens (tertiary/aromatic N) is 1. The number of hydrogen-bond donors (Lipinski definition) is 1. The molecule has 7 nitrogen and oxygen atoms in total. The van der Waals surface area contributed by atoms with E-state index in [-0.39, 0.29) is 17.4 Å². The molecule has 150 valence electrons. The summed E-state index contributed by atoms with van der Waals surface area (Å²) in [6.07, 6.45) is 3.11. The Hall–Kier alpha value is -3.78. The largest absolute Gasteiger partial charge is 0.493 e. The van der Waals surface area contributed by atoms with Crippen molar-refractivity contribution in [2.45, 2.75) is 0 Å². The standard InChI is InChI=1S/C22H16N2O5S/c1-27-18-12-14(9-10-16(18)29-21(26)17-8-5-11-28-17)13-19-20(25)24-22(30-19)23-15-6-3-2-4-7-15/h2-13H,1H3,(H,23,24,25)/b19-13-. The van der Waals surface area contributed by atoms with Crippen molar-refractivity contribution in [3.8, 4) is 11.5 Å². The highest BCUT2D eigenvalue weighted by molar-refractivity contribution is 8.18. The van der Waals surface area contributed by atoms with Gasteiger partial charge in [-0.2, -0.15) is 0 Å². The minimum atomic E-state index is -0.628. The minimum absolute atomic E-state index is 0.0903. The fraction of sp³-hybridized carbons (Fsp3) is 0.0455. The van der Waals surface area contributed by atoms with Crippen LogP contribution >= 0.6 is 11.8 Å². The van der Waals surface area contributed by atoms with Gasteiger partial charge in [0, 0.05) is 0 Å². The quantitative estimate of drug-likeness (QED) is 0.374. The highest BCUT2D eigenvalue weighted by Crippen LogP contribution is 2.32. The number of amidine groups is 1. The zero-order valence-corrected chi connectivity index (χ0v) is 16.6. The molecule has 4 rings (SSSR count). The highest BCUT2D eigenvalue weighted by atomic mass is 32.2. The Bertz CT molecular complexity index is 1140. The van der Waals surface area contributed by atoms with Gasteiger partial charge in [-0.1, -0.05) is 24.3 Å². The average molecular weight is 420 g/mol. The number of nitrogens with one attached hydrogen (secondary N) is 1. The summed E-state index contributed by atoms with van der Waals surface area (Å²) < 4.78 is 15.7. The zero-order chi connectivity index (χ0) is 20.9. The van der Waals surface area contributed by atoms with Gasteiger partial charge < -0.3 is 19.2 Å². The number of hydrogen-bond acceptors (Lipinski definition) is 7. The topological polar surface area (TPSA) is 90.1 Å². The lowest BCUT2D eigenvalue weighted by Crippen LogP contribution is -2.19. The summed E-state index contributed by atoms with van der Waals surface area (Å²) in [5, 5.41) is 3.26. The number of methoxy groups -OCH3 is 1. The molecular formula is C22H16N2O5S. The summed E-state index contributed by atoms with van der Waals surface area (Å²) in [6, 6.07) is 17.5. The maximum atomic E-state index is 12.3. The molecule has 3 aromatic rings. The van der Waals surface area contributed by atoms with Gasteiger partial charge in [0.25, 0.3) is 5.91 Å². The maximum absolute atomic E-state index is 12.3. The van der Waals surface area contributed by atoms with E-state index in [1.165, 1.54) is 31.2 Å². The van der Waals surface area contributed by atoms with Gasteiger partial charge in [-0.15, -0.1) is 0 Å². The molecular weight excluding hydrogens is 404 g/mol. The first-order valence-corrected chi connectivity index (χ1v) is 9.72. The summed E-state index contributed by atoms with van der Waals surface area (Å²) in [5.74, 6) is -0.173. The second-order valence-corrected chi connectivity index (χ2v) is 7.13. The van der Waals surface area contributed by atoms with Gasteiger partial charge in [-0.3, -0.25) is 4.79 Å². The Morgan fingerprint density at radius 1 is 1.10 bits per heavy atom. The molecule has 1 fully saturated rings. The number of rotatable bonds is 5. The molecule has 1 aliphatic heterocycles. The molecule has 2 heterocycles. The van der Waals surface area contributed by atoms with Gasteiger partial charge in [-0.05, 0) is 59.8 Å². The van der Waals surface area contributed by atoms with Crippen molar-refractivity contribution < 1.29 is 23.5 Å². The molecule has 8 heteroatoms. The lowest BCUT2D eigenvalue weighted by molar-refractivity contribution is -0.115. The molecule has 1 aliphatic rings. The number of ether oxygens (including phenoxy) is 2. The Labute approximate surface area is 176 Å². The van der Waals surface area contributed by atoms with E-state index in [0.717, 1.165) is 5.69 Å². The number of aliphatic imine (C=N–C) groups is 1. The number of amides is 1. The maximum Gasteiger partial charge on any atom is 0.379 e. The molecule has 2 aromatic carbocycles. The van der Waals surface area contributed by atoms with Gasteiger partial charge in [0.15, 0.2) is 16.7 Å². The van der Waals surface area contributed by atoms with Crippen LogP contribution in [0.2, 0.25) is 0 Å². The second-order valence-electron chi connectivity index (χ2n) is 6.09. The predicted octanol–water partition coefficient (Wildman–Crippen LogP) is 4.40. The van der Waals surface area contributed by atoms with Crippen LogP contribution in [0.3, 0.4) is 0 Å². The summed E-state index contributed by atoms with van der Waals surface area (Å²) >= 11 is 1.25. The first-order valence-electron chi connectivity index (χ1n) is 8.91. The van der Waals surface area contributed by atoms with Crippen LogP contribution in [0.25, 0.3) is 6.08 Å². The molecule has 0 aliphatic carbocycles. The highest BCUT2D eigenvalue weighted by Gasteiger charge is 2.24. The molecule has 0 unspecified atom stereocenters. The van der Waals surface area contributed by atoms with Gasteiger partial charge in [0.2, 0.25) is 5.76 Å². The average Bonchev–Trinajstić information content (AvgIpc) is 3.40. The van der Waals surface area contributed by atoms with Crippen molar-refractivity contribution in [3.63, 3.8) is 0 Å². The van der Waals surface area contributed by atoms with E-state index in [1.54, 1.807) is 30.3 Å². The van der Waals surface area contributed by atoms with E-state index in [4.69, 9.17) is 13.9 Å². The lowest BCUT2D eigenvalue weighted by atomic mass is 10.2. The minimum Gasteiger partial charge on any atom is -0.493 e. The van der Waals surface area contributed by atoms with Crippen molar-refractivity contribution >= 4 is 40.6 Å². The third kappa shape index (κ3) is 4.44. The number of benzene rings is 2. The third-order valence-corrected chi connectivity index (χ3v) is 4.96. The van der Waals surface area contributed by atoms with Crippen molar-refractivity contribution in [1.29, 1.82) is 0 Å². The smallest absolute Gasteiger partial charge is 0.379 e. The zero-order valence-electron chi connectivity index (χ0n) is 15.8. The number of para-hydroxylation sites is 1.